The van der Waals surface area contributed by atoms with E-state index >= 15 is 0 Å². The molecule has 4 rings (SSSR count). The lowest BCUT2D eigenvalue weighted by Gasteiger charge is -2.11. The molecule has 0 saturated heterocycles. The number of ether oxygens (including phenoxy) is 1. The van der Waals surface area contributed by atoms with Crippen LogP contribution in [0.15, 0.2) is 48.5 Å². The van der Waals surface area contributed by atoms with Crippen LogP contribution in [0, 0.1) is 0 Å². The predicted molar refractivity (Wildman–Crippen MR) is 102 cm³/mol. The summed E-state index contributed by atoms with van der Waals surface area (Å²) in [6.07, 6.45) is 0.437. The number of nitrogens with zero attached hydrogens (tertiary/aromatic N) is 2. The molecule has 1 aromatic carbocycles. The zero-order valence-electron chi connectivity index (χ0n) is 15.0. The van der Waals surface area contributed by atoms with E-state index in [0.29, 0.717) is 5.75 Å². The van der Waals surface area contributed by atoms with Gasteiger partial charge in [-0.1, -0.05) is 25.1 Å². The van der Waals surface area contributed by atoms with Crippen LogP contribution in [-0.4, -0.2) is 34.6 Å². The first-order valence-electron chi connectivity index (χ1n) is 8.58. The Balaban J connectivity index is 2.05. The zero-order chi connectivity index (χ0) is 18.4. The number of benzene rings is 1. The van der Waals surface area contributed by atoms with E-state index in [1.807, 2.05) is 30.3 Å². The van der Waals surface area contributed by atoms with E-state index in [-0.39, 0.29) is 5.75 Å². The quantitative estimate of drug-likeness (QED) is 0.592. The maximum atomic E-state index is 12.2. The van der Waals surface area contributed by atoms with Crippen LogP contribution in [-0.2, 0) is 6.42 Å². The summed E-state index contributed by atoms with van der Waals surface area (Å²) >= 11 is 0. The van der Waals surface area contributed by atoms with Crippen LogP contribution in [0.4, 0.5) is 4.79 Å². The van der Waals surface area contributed by atoms with Crippen molar-refractivity contribution in [2.45, 2.75) is 13.3 Å². The standard InChI is InChI=1S/C21H20N2O3/c1-4-16-17-7-5-6-14-12-18(26-21(25)22(2)3)20(23(14)17)19(16)13-8-10-15(24)11-9-13/h5-12,24H,4H2,1-3H3. The molecule has 5 heteroatoms. The van der Waals surface area contributed by atoms with Gasteiger partial charge in [0.05, 0.1) is 16.6 Å². The average Bonchev–Trinajstić information content (AvgIpc) is 3.15. The van der Waals surface area contributed by atoms with Gasteiger partial charge in [-0.25, -0.2) is 4.79 Å². The first kappa shape index (κ1) is 16.3. The second kappa shape index (κ2) is 5.95. The van der Waals surface area contributed by atoms with Crippen LogP contribution in [0.1, 0.15) is 12.5 Å². The lowest BCUT2D eigenvalue weighted by Crippen LogP contribution is -2.25. The second-order valence-corrected chi connectivity index (χ2v) is 6.54. The number of aryl methyl sites for hydroxylation is 1. The van der Waals surface area contributed by atoms with Gasteiger partial charge in [-0.15, -0.1) is 0 Å². The van der Waals surface area contributed by atoms with Crippen molar-refractivity contribution in [2.24, 2.45) is 0 Å². The molecule has 0 radical (unpaired) electrons. The van der Waals surface area contributed by atoms with Gasteiger partial charge in [0.25, 0.3) is 0 Å². The number of pyridine rings is 1. The van der Waals surface area contributed by atoms with Gasteiger partial charge < -0.3 is 19.1 Å². The molecule has 0 fully saturated rings. The van der Waals surface area contributed by atoms with E-state index in [1.54, 1.807) is 26.2 Å². The first-order chi connectivity index (χ1) is 12.5. The number of amides is 1. The van der Waals surface area contributed by atoms with Gasteiger partial charge in [-0.3, -0.25) is 0 Å². The van der Waals surface area contributed by atoms with Crippen molar-refractivity contribution < 1.29 is 14.6 Å². The van der Waals surface area contributed by atoms with Gasteiger partial charge in [0.1, 0.15) is 5.75 Å². The fourth-order valence-corrected chi connectivity index (χ4v) is 3.50. The number of phenolic OH excluding ortho intramolecular Hbond substituents is 1. The predicted octanol–water partition coefficient (Wildman–Crippen LogP) is 4.53. The molecule has 26 heavy (non-hydrogen) atoms. The summed E-state index contributed by atoms with van der Waals surface area (Å²) in [7, 11) is 3.33. The van der Waals surface area contributed by atoms with Crippen LogP contribution < -0.4 is 4.74 Å². The molecule has 3 aromatic heterocycles. The molecule has 132 valence electrons. The number of rotatable bonds is 3. The van der Waals surface area contributed by atoms with Gasteiger partial charge in [-0.05, 0) is 41.8 Å². The highest BCUT2D eigenvalue weighted by molar-refractivity contribution is 5.99. The smallest absolute Gasteiger partial charge is 0.414 e. The molecule has 0 aliphatic rings. The fourth-order valence-electron chi connectivity index (χ4n) is 3.50. The molecule has 0 atom stereocenters. The molecule has 0 spiro atoms. The van der Waals surface area contributed by atoms with E-state index < -0.39 is 6.09 Å². The number of aromatic nitrogens is 1. The highest BCUT2D eigenvalue weighted by atomic mass is 16.6. The minimum absolute atomic E-state index is 0.225. The third kappa shape index (κ3) is 2.36. The van der Waals surface area contributed by atoms with Gasteiger partial charge in [-0.2, -0.15) is 0 Å². The molecule has 3 heterocycles. The molecule has 1 amide bonds. The summed E-state index contributed by atoms with van der Waals surface area (Å²) in [6.45, 7) is 2.12. The largest absolute Gasteiger partial charge is 0.508 e. The van der Waals surface area contributed by atoms with E-state index in [1.165, 1.54) is 10.5 Å². The van der Waals surface area contributed by atoms with Crippen molar-refractivity contribution in [3.05, 3.63) is 54.1 Å². The van der Waals surface area contributed by atoms with Gasteiger partial charge in [0, 0.05) is 25.7 Å². The van der Waals surface area contributed by atoms with Crippen molar-refractivity contribution in [2.75, 3.05) is 14.1 Å². The minimum atomic E-state index is -0.409. The van der Waals surface area contributed by atoms with Gasteiger partial charge in [0.15, 0.2) is 5.75 Å². The Kier molecular flexibility index (Phi) is 3.72. The first-order valence-corrected chi connectivity index (χ1v) is 8.58. The molecule has 0 saturated carbocycles. The number of hydrogen-bond acceptors (Lipinski definition) is 3. The van der Waals surface area contributed by atoms with Crippen molar-refractivity contribution in [1.82, 2.24) is 9.30 Å². The molecule has 0 aliphatic carbocycles. The summed E-state index contributed by atoms with van der Waals surface area (Å²) in [6, 6.07) is 15.1. The normalized spacial score (nSPS) is 11.3. The molecule has 1 N–H and O–H groups in total. The number of phenols is 1. The summed E-state index contributed by atoms with van der Waals surface area (Å²) < 4.78 is 7.81. The van der Waals surface area contributed by atoms with Gasteiger partial charge in [0.2, 0.25) is 0 Å². The molecule has 4 aromatic rings. The summed E-state index contributed by atoms with van der Waals surface area (Å²) in [5, 5.41) is 9.65. The second-order valence-electron chi connectivity index (χ2n) is 6.54. The summed E-state index contributed by atoms with van der Waals surface area (Å²) in [4.78, 5) is 13.6. The highest BCUT2D eigenvalue weighted by Crippen LogP contribution is 2.42. The van der Waals surface area contributed by atoms with E-state index in [2.05, 4.69) is 17.4 Å². The Morgan fingerprint density at radius 3 is 2.54 bits per heavy atom. The molecular weight excluding hydrogens is 328 g/mol. The highest BCUT2D eigenvalue weighted by Gasteiger charge is 2.23. The number of carbonyl (C=O) groups excluding carboxylic acids is 1. The number of carbonyl (C=O) groups is 1. The van der Waals surface area contributed by atoms with E-state index in [4.69, 9.17) is 4.74 Å². The lowest BCUT2D eigenvalue weighted by molar-refractivity contribution is 0.172. The Bertz CT molecular complexity index is 1090. The van der Waals surface area contributed by atoms with Crippen molar-refractivity contribution in [3.63, 3.8) is 0 Å². The maximum Gasteiger partial charge on any atom is 0.414 e. The molecule has 5 nitrogen and oxygen atoms in total. The Morgan fingerprint density at radius 2 is 1.88 bits per heavy atom. The van der Waals surface area contributed by atoms with E-state index in [9.17, 15) is 9.90 Å². The number of hydrogen-bond donors (Lipinski definition) is 1. The average molecular weight is 348 g/mol. The molecular formula is C21H20N2O3. The molecule has 0 bridgehead atoms. The maximum absolute atomic E-state index is 12.2. The Hall–Kier alpha value is -3.21. The van der Waals surface area contributed by atoms with Crippen molar-refractivity contribution in [3.8, 4) is 22.6 Å². The van der Waals surface area contributed by atoms with Crippen molar-refractivity contribution in [1.29, 1.82) is 0 Å². The molecule has 0 aliphatic heterocycles. The number of aromatic hydroxyl groups is 1. The Labute approximate surface area is 151 Å². The van der Waals surface area contributed by atoms with Crippen LogP contribution in [0.3, 0.4) is 0 Å². The molecule has 0 unspecified atom stereocenters. The third-order valence-electron chi connectivity index (χ3n) is 4.68. The fraction of sp³-hybridized carbons (Fsp3) is 0.190. The zero-order valence-corrected chi connectivity index (χ0v) is 15.0. The van der Waals surface area contributed by atoms with Crippen LogP contribution in [0.2, 0.25) is 0 Å². The summed E-state index contributed by atoms with van der Waals surface area (Å²) in [5.41, 5.74) is 6.19. The topological polar surface area (TPSA) is 54.2 Å². The van der Waals surface area contributed by atoms with Crippen molar-refractivity contribution >= 4 is 22.6 Å². The van der Waals surface area contributed by atoms with E-state index in [0.717, 1.165) is 34.1 Å². The Morgan fingerprint density at radius 1 is 1.15 bits per heavy atom. The monoisotopic (exact) mass is 348 g/mol. The third-order valence-corrected chi connectivity index (χ3v) is 4.68. The SMILES string of the molecule is CCc1c(-c2ccc(O)cc2)c2c(OC(=O)N(C)C)cc3cccc1n32. The van der Waals surface area contributed by atoms with Crippen LogP contribution in [0.5, 0.6) is 11.5 Å². The minimum Gasteiger partial charge on any atom is -0.508 e. The lowest BCUT2D eigenvalue weighted by atomic mass is 9.99. The van der Waals surface area contributed by atoms with Gasteiger partial charge >= 0.3 is 6.09 Å². The van der Waals surface area contributed by atoms with Crippen LogP contribution in [0.25, 0.3) is 27.7 Å². The summed E-state index contributed by atoms with van der Waals surface area (Å²) in [5.74, 6) is 0.769. The van der Waals surface area contributed by atoms with Crippen LogP contribution >= 0.6 is 0 Å².